The van der Waals surface area contributed by atoms with Gasteiger partial charge in [0.15, 0.2) is 0 Å². The first-order valence-electron chi connectivity index (χ1n) is 19.9. The Balaban J connectivity index is 0.857. The molecule has 0 bridgehead atoms. The zero-order valence-electron chi connectivity index (χ0n) is 33.4. The second kappa shape index (κ2) is 20.5. The number of unbranched alkanes of at least 4 members (excludes halogenated alkanes) is 3. The topological polar surface area (TPSA) is 176 Å². The zero-order valence-corrected chi connectivity index (χ0v) is 35.7. The summed E-state index contributed by atoms with van der Waals surface area (Å²) in [5.41, 5.74) is 3.86. The predicted octanol–water partition coefficient (Wildman–Crippen LogP) is 4.00. The van der Waals surface area contributed by atoms with Crippen LogP contribution in [0.4, 0.5) is 5.00 Å². The van der Waals surface area contributed by atoms with Crippen molar-refractivity contribution in [1.29, 1.82) is 0 Å². The molecule has 5 amide bonds. The van der Waals surface area contributed by atoms with E-state index in [2.05, 4.69) is 20.7 Å². The molecule has 15 nitrogen and oxygen atoms in total. The van der Waals surface area contributed by atoms with Crippen molar-refractivity contribution < 1.29 is 29.1 Å². The van der Waals surface area contributed by atoms with Crippen LogP contribution in [0.5, 0.6) is 0 Å². The summed E-state index contributed by atoms with van der Waals surface area (Å²) in [6.45, 7) is 2.94. The number of nitrogens with one attached hydrogen (secondary N) is 3. The number of aromatic nitrogens is 3. The first-order chi connectivity index (χ1) is 28.4. The monoisotopic (exact) mass is 867 g/mol. The number of piperazine rings is 1. The van der Waals surface area contributed by atoms with Crippen LogP contribution in [-0.2, 0) is 49.9 Å². The van der Waals surface area contributed by atoms with Crippen LogP contribution in [0.25, 0.3) is 22.2 Å². The lowest BCUT2D eigenvalue weighted by molar-refractivity contribution is -0.135. The van der Waals surface area contributed by atoms with Crippen LogP contribution in [0.15, 0.2) is 42.6 Å². The Bertz CT molecular complexity index is 2200. The van der Waals surface area contributed by atoms with Crippen molar-refractivity contribution in [3.63, 3.8) is 0 Å². The first kappa shape index (κ1) is 43.8. The number of fused-ring (bicyclic) bond motifs is 3. The molecule has 2 aliphatic rings. The van der Waals surface area contributed by atoms with E-state index in [9.17, 15) is 29.1 Å². The average Bonchev–Trinajstić information content (AvgIpc) is 3.97. The third-order valence-electron chi connectivity index (χ3n) is 10.4. The van der Waals surface area contributed by atoms with Crippen LogP contribution in [0, 0.1) is 0 Å². The van der Waals surface area contributed by atoms with Gasteiger partial charge in [0.1, 0.15) is 19.7 Å². The minimum absolute atomic E-state index is 0.000963. The van der Waals surface area contributed by atoms with Gasteiger partial charge in [0.25, 0.3) is 0 Å². The molecule has 0 atom stereocenters. The Hall–Kier alpha value is -4.74. The molecule has 18 heteroatoms. The summed E-state index contributed by atoms with van der Waals surface area (Å²) in [5.74, 6) is -0.766. The van der Waals surface area contributed by atoms with Gasteiger partial charge >= 0.3 is 0 Å². The van der Waals surface area contributed by atoms with E-state index in [1.54, 1.807) is 37.7 Å². The summed E-state index contributed by atoms with van der Waals surface area (Å²) in [5, 5.41) is 22.4. The predicted molar refractivity (Wildman–Crippen MR) is 230 cm³/mol. The molecule has 1 fully saturated rings. The standard InChI is InChI=1S/C41H51Cl2N9O6S/c1-48(2)17-7-9-35(56)50-20-21-52(36(57)25-50)38-11-10-27(59-38)12-16-45-33(54)8-5-3-4-6-15-44-34(55)24-51-19-14-32(47-51)28-22-30(42)40(43)41-39(28)29-23-49(37(58)26-53)18-13-31(29)46-41/h7,9-11,14,19,22,46,53H,3-6,8,12-13,15-18,20-21,23-26H2,1-2H3,(H,44,55)(H,45,54)/b9-7+. The summed E-state index contributed by atoms with van der Waals surface area (Å²) in [6.07, 6.45) is 10.0. The lowest BCUT2D eigenvalue weighted by Gasteiger charge is -2.33. The van der Waals surface area contributed by atoms with Crippen LogP contribution >= 0.6 is 34.5 Å². The quantitative estimate of drug-likeness (QED) is 0.0858. The van der Waals surface area contributed by atoms with E-state index in [1.807, 2.05) is 37.2 Å². The van der Waals surface area contributed by atoms with Gasteiger partial charge in [0.05, 0.1) is 26.3 Å². The number of carbonyl (C=O) groups excluding carboxylic acids is 5. The van der Waals surface area contributed by atoms with Crippen molar-refractivity contribution >= 4 is 80.0 Å². The number of thiophene rings is 1. The van der Waals surface area contributed by atoms with Gasteiger partial charge in [-0.1, -0.05) is 42.1 Å². The Kier molecular flexibility index (Phi) is 15.2. The molecule has 2 aliphatic heterocycles. The molecule has 5 heterocycles. The highest BCUT2D eigenvalue weighted by atomic mass is 35.5. The van der Waals surface area contributed by atoms with Crippen molar-refractivity contribution in [2.75, 3.05) is 71.4 Å². The minimum Gasteiger partial charge on any atom is -0.387 e. The summed E-state index contributed by atoms with van der Waals surface area (Å²) in [7, 11) is 3.85. The van der Waals surface area contributed by atoms with Gasteiger partial charge in [-0.3, -0.25) is 28.7 Å². The number of hydrogen-bond acceptors (Lipinski definition) is 9. The largest absolute Gasteiger partial charge is 0.387 e. The number of halogens is 2. The van der Waals surface area contributed by atoms with Crippen molar-refractivity contribution in [3.05, 3.63) is 68.8 Å². The van der Waals surface area contributed by atoms with Gasteiger partial charge in [0.2, 0.25) is 29.5 Å². The van der Waals surface area contributed by atoms with Gasteiger partial charge in [0, 0.05) is 98.0 Å². The van der Waals surface area contributed by atoms with E-state index in [1.165, 1.54) is 17.4 Å². The molecule has 0 aliphatic carbocycles. The van der Waals surface area contributed by atoms with Crippen LogP contribution in [-0.4, -0.2) is 131 Å². The third-order valence-corrected chi connectivity index (χ3v) is 12.3. The van der Waals surface area contributed by atoms with Crippen molar-refractivity contribution in [1.82, 2.24) is 40.1 Å². The number of anilines is 1. The molecule has 0 spiro atoms. The molecule has 1 saturated heterocycles. The fourth-order valence-corrected chi connectivity index (χ4v) is 8.71. The number of hydrogen-bond donors (Lipinski definition) is 4. The van der Waals surface area contributed by atoms with E-state index in [0.29, 0.717) is 86.3 Å². The number of nitrogens with zero attached hydrogens (tertiary/aromatic N) is 6. The number of aromatic amines is 1. The van der Waals surface area contributed by atoms with Gasteiger partial charge < -0.3 is 40.3 Å². The normalized spacial score (nSPS) is 14.5. The summed E-state index contributed by atoms with van der Waals surface area (Å²) in [4.78, 5) is 74.1. The maximum absolute atomic E-state index is 12.8. The number of carbonyl (C=O) groups is 5. The van der Waals surface area contributed by atoms with E-state index >= 15 is 0 Å². The number of amides is 5. The molecule has 6 rings (SSSR count). The maximum Gasteiger partial charge on any atom is 0.248 e. The fourth-order valence-electron chi connectivity index (χ4n) is 7.27. The number of benzene rings is 1. The zero-order chi connectivity index (χ0) is 42.1. The van der Waals surface area contributed by atoms with Gasteiger partial charge in [-0.2, -0.15) is 5.10 Å². The Morgan fingerprint density at radius 2 is 1.78 bits per heavy atom. The van der Waals surface area contributed by atoms with Crippen molar-refractivity contribution in [3.8, 4) is 11.3 Å². The third kappa shape index (κ3) is 11.3. The van der Waals surface area contributed by atoms with E-state index in [4.69, 9.17) is 23.2 Å². The molecule has 316 valence electrons. The fraction of sp³-hybridized carbons (Fsp3) is 0.463. The van der Waals surface area contributed by atoms with Crippen LogP contribution in [0.3, 0.4) is 0 Å². The van der Waals surface area contributed by atoms with Crippen LogP contribution in [0.1, 0.15) is 48.2 Å². The number of likely N-dealkylation sites (N-methyl/N-ethyl adjacent to an activating group) is 1. The SMILES string of the molecule is CN(C)C/C=C/C(=O)N1CCN(c2ccc(CCNC(=O)CCCCCCNC(=O)Cn3ccc(-c4cc(Cl)c(Cl)c5[nH]c6c(c45)CN(C(=O)CO)CC6)n3)s2)C(=O)C1. The van der Waals surface area contributed by atoms with Gasteiger partial charge in [-0.15, -0.1) is 11.3 Å². The number of aliphatic hydroxyl groups excluding tert-OH is 1. The van der Waals surface area contributed by atoms with Crippen LogP contribution in [0.2, 0.25) is 10.0 Å². The molecule has 59 heavy (non-hydrogen) atoms. The van der Waals surface area contributed by atoms with E-state index in [0.717, 1.165) is 57.8 Å². The highest BCUT2D eigenvalue weighted by Crippen LogP contribution is 2.42. The molecule has 4 aromatic rings. The molecule has 1 aromatic carbocycles. The lowest BCUT2D eigenvalue weighted by atomic mass is 9.99. The summed E-state index contributed by atoms with van der Waals surface area (Å²) >= 11 is 14.6. The first-order valence-corrected chi connectivity index (χ1v) is 21.5. The average molecular weight is 869 g/mol. The Labute approximate surface area is 357 Å². The van der Waals surface area contributed by atoms with Crippen LogP contribution < -0.4 is 15.5 Å². The molecule has 0 unspecified atom stereocenters. The lowest BCUT2D eigenvalue weighted by Crippen LogP contribution is -2.51. The van der Waals surface area contributed by atoms with Crippen molar-refractivity contribution in [2.24, 2.45) is 0 Å². The smallest absolute Gasteiger partial charge is 0.248 e. The highest BCUT2D eigenvalue weighted by molar-refractivity contribution is 7.16. The van der Waals surface area contributed by atoms with E-state index in [-0.39, 0.29) is 42.6 Å². The van der Waals surface area contributed by atoms with Crippen molar-refractivity contribution in [2.45, 2.75) is 58.0 Å². The Morgan fingerprint density at radius 1 is 0.983 bits per heavy atom. The summed E-state index contributed by atoms with van der Waals surface area (Å²) in [6, 6.07) is 7.47. The van der Waals surface area contributed by atoms with Gasteiger partial charge in [-0.25, -0.2) is 0 Å². The Morgan fingerprint density at radius 3 is 2.56 bits per heavy atom. The molecule has 4 N–H and O–H groups in total. The van der Waals surface area contributed by atoms with Gasteiger partial charge in [-0.05, 0) is 57.6 Å². The molecule has 3 aromatic heterocycles. The maximum atomic E-state index is 12.8. The number of H-pyrrole nitrogens is 1. The number of rotatable bonds is 18. The molecule has 0 radical (unpaired) electrons. The van der Waals surface area contributed by atoms with E-state index < -0.39 is 6.61 Å². The molecular weight excluding hydrogens is 817 g/mol. The molecule has 0 saturated carbocycles. The number of aliphatic hydroxyl groups is 1. The minimum atomic E-state index is -0.558. The second-order valence-corrected chi connectivity index (χ2v) is 16.9. The second-order valence-electron chi connectivity index (χ2n) is 15.0. The highest BCUT2D eigenvalue weighted by Gasteiger charge is 2.29. The molecular formula is C41H51Cl2N9O6S. The summed E-state index contributed by atoms with van der Waals surface area (Å²) < 4.78 is 1.57.